The van der Waals surface area contributed by atoms with Gasteiger partial charge in [-0.3, -0.25) is 9.59 Å². The molecule has 1 saturated heterocycles. The molecule has 2 heterocycles. The molecule has 0 spiro atoms. The second-order valence-electron chi connectivity index (χ2n) is 12.2. The average Bonchev–Trinajstić information content (AvgIpc) is 2.88. The zero-order valence-electron chi connectivity index (χ0n) is 23.6. The zero-order chi connectivity index (χ0) is 29.8. The Balaban J connectivity index is 1.55. The van der Waals surface area contributed by atoms with Crippen LogP contribution in [-0.4, -0.2) is 92.8 Å². The van der Waals surface area contributed by atoms with Crippen molar-refractivity contribution >= 4 is 11.6 Å². The summed E-state index contributed by atoms with van der Waals surface area (Å²) in [5.74, 6) is -2.49. The van der Waals surface area contributed by atoms with Gasteiger partial charge in [-0.05, 0) is 52.1 Å². The number of aliphatic hydroxyl groups excluding tert-OH is 2. The van der Waals surface area contributed by atoms with Crippen LogP contribution in [0, 0.1) is 0 Å². The molecule has 11 nitrogen and oxygen atoms in total. The highest BCUT2D eigenvalue weighted by molar-refractivity contribution is 6.31. The highest BCUT2D eigenvalue weighted by Gasteiger charge is 2.59. The summed E-state index contributed by atoms with van der Waals surface area (Å²) in [4.78, 5) is 29.8. The van der Waals surface area contributed by atoms with Gasteiger partial charge in [-0.2, -0.15) is 0 Å². The van der Waals surface area contributed by atoms with Gasteiger partial charge < -0.3 is 44.6 Å². The number of aromatic hydroxyl groups is 2. The number of phenols is 2. The molecule has 2 bridgehead atoms. The lowest BCUT2D eigenvalue weighted by molar-refractivity contribution is -0.311. The molecule has 2 aliphatic carbocycles. The van der Waals surface area contributed by atoms with Crippen molar-refractivity contribution in [3.63, 3.8) is 0 Å². The number of hydrogen-bond acceptors (Lipinski definition) is 11. The fraction of sp³-hybridized carbons (Fsp3) is 0.533. The summed E-state index contributed by atoms with van der Waals surface area (Å²) in [5, 5.41) is 55.9. The monoisotopic (exact) mass is 569 g/mol. The Kier molecular flexibility index (Phi) is 6.31. The summed E-state index contributed by atoms with van der Waals surface area (Å²) in [5.41, 5.74) is -2.64. The predicted octanol–water partition coefficient (Wildman–Crippen LogP) is 1.65. The van der Waals surface area contributed by atoms with Gasteiger partial charge in [0.1, 0.15) is 35.1 Å². The lowest BCUT2D eigenvalue weighted by Gasteiger charge is -2.53. The van der Waals surface area contributed by atoms with E-state index in [1.165, 1.54) is 12.1 Å². The van der Waals surface area contributed by atoms with E-state index < -0.39 is 64.9 Å². The maximum Gasteiger partial charge on any atom is 0.228 e. The van der Waals surface area contributed by atoms with Gasteiger partial charge in [-0.15, -0.1) is 0 Å². The third-order valence-corrected chi connectivity index (χ3v) is 8.89. The number of fused-ring (bicyclic) bond motifs is 8. The normalized spacial score (nSPS) is 33.5. The lowest BCUT2D eigenvalue weighted by Crippen LogP contribution is -2.68. The number of carbonyl (C=O) groups is 2. The van der Waals surface area contributed by atoms with E-state index in [0.29, 0.717) is 24.2 Å². The van der Waals surface area contributed by atoms with Crippen molar-refractivity contribution in [2.75, 3.05) is 20.7 Å². The largest absolute Gasteiger partial charge is 0.507 e. The van der Waals surface area contributed by atoms with E-state index in [1.807, 2.05) is 6.92 Å². The van der Waals surface area contributed by atoms with Crippen molar-refractivity contribution in [1.29, 1.82) is 0 Å². The van der Waals surface area contributed by atoms with Gasteiger partial charge in [0, 0.05) is 36.1 Å². The summed E-state index contributed by atoms with van der Waals surface area (Å²) < 4.78 is 17.9. The van der Waals surface area contributed by atoms with E-state index in [1.54, 1.807) is 32.8 Å². The minimum absolute atomic E-state index is 0.0794. The van der Waals surface area contributed by atoms with E-state index in [2.05, 4.69) is 0 Å². The van der Waals surface area contributed by atoms with Crippen LogP contribution in [0.5, 0.6) is 17.2 Å². The summed E-state index contributed by atoms with van der Waals surface area (Å²) in [6.45, 7) is 5.52. The molecule has 0 aromatic heterocycles. The number of carbonyl (C=O) groups excluding carboxylic acids is 2. The van der Waals surface area contributed by atoms with E-state index in [-0.39, 0.29) is 46.4 Å². The van der Waals surface area contributed by atoms with Gasteiger partial charge in [-0.25, -0.2) is 0 Å². The molecule has 1 fully saturated rings. The van der Waals surface area contributed by atoms with E-state index in [9.17, 15) is 35.1 Å². The minimum atomic E-state index is -1.50. The standard InChI is InChI=1S/C30H35NO10/c1-6-7-39-16-11-29(2,38)10-12-8-13-18(23(34)17(12)16)24(35)19-15(32)9-14-26(20(19)22(13)33)40-28-25(36)21(31(4)5)27(37)30(14,3)41-28/h8-9,16,21,25,27-28,32,34,36-38H,6-7,10-11H2,1-5H3/t16-,21-,25+,27-,28+,29?,30+/m0/s1. The second kappa shape index (κ2) is 9.22. The predicted molar refractivity (Wildman–Crippen MR) is 143 cm³/mol. The van der Waals surface area contributed by atoms with Gasteiger partial charge in [0.2, 0.25) is 12.1 Å². The zero-order valence-corrected chi connectivity index (χ0v) is 23.6. The molecule has 0 amide bonds. The molecule has 0 radical (unpaired) electrons. The van der Waals surface area contributed by atoms with Crippen molar-refractivity contribution in [3.8, 4) is 17.2 Å². The van der Waals surface area contributed by atoms with E-state index >= 15 is 0 Å². The topological polar surface area (TPSA) is 166 Å². The summed E-state index contributed by atoms with van der Waals surface area (Å²) >= 11 is 0. The summed E-state index contributed by atoms with van der Waals surface area (Å²) in [6.07, 6.45) is -3.55. The Morgan fingerprint density at radius 2 is 1.78 bits per heavy atom. The van der Waals surface area contributed by atoms with Crippen molar-refractivity contribution in [2.45, 2.75) is 81.9 Å². The molecule has 1 unspecified atom stereocenters. The van der Waals surface area contributed by atoms with E-state index in [4.69, 9.17) is 14.2 Å². The van der Waals surface area contributed by atoms with Crippen LogP contribution in [0.1, 0.15) is 88.3 Å². The van der Waals surface area contributed by atoms with Crippen molar-refractivity contribution in [2.24, 2.45) is 0 Å². The van der Waals surface area contributed by atoms with Crippen LogP contribution in [0.25, 0.3) is 0 Å². The molecule has 4 aliphatic rings. The first-order valence-electron chi connectivity index (χ1n) is 13.8. The molecule has 2 aromatic carbocycles. The van der Waals surface area contributed by atoms with Crippen LogP contribution in [0.15, 0.2) is 12.1 Å². The Morgan fingerprint density at radius 3 is 2.44 bits per heavy atom. The number of likely N-dealkylation sites (N-methyl/N-ethyl adjacent to an activating group) is 1. The van der Waals surface area contributed by atoms with Gasteiger partial charge in [0.25, 0.3) is 0 Å². The second-order valence-corrected chi connectivity index (χ2v) is 12.2. The molecule has 2 aromatic rings. The highest BCUT2D eigenvalue weighted by Crippen LogP contribution is 2.54. The molecule has 41 heavy (non-hydrogen) atoms. The Labute approximate surface area is 236 Å². The van der Waals surface area contributed by atoms with Crippen molar-refractivity contribution < 1.29 is 49.3 Å². The molecule has 5 N–H and O–H groups in total. The van der Waals surface area contributed by atoms with Crippen LogP contribution < -0.4 is 4.74 Å². The average molecular weight is 570 g/mol. The SMILES string of the molecule is CCCO[C@H]1CC(C)(O)Cc2cc3c(c(O)c21)C(=O)c1c(O)cc2c(c1C3=O)O[C@@H]1O[C@@]2(C)[C@@H](O)[C@@H](N(C)C)[C@H]1O. The summed E-state index contributed by atoms with van der Waals surface area (Å²) in [7, 11) is 3.38. The maximum atomic E-state index is 14.2. The molecular formula is C30H35NO10. The number of rotatable bonds is 4. The number of hydrogen-bond donors (Lipinski definition) is 5. The number of ketones is 2. The van der Waals surface area contributed by atoms with Crippen LogP contribution in [0.3, 0.4) is 0 Å². The first-order chi connectivity index (χ1) is 19.2. The first-order valence-corrected chi connectivity index (χ1v) is 13.8. The third-order valence-electron chi connectivity index (χ3n) is 8.89. The Bertz CT molecular complexity index is 1480. The lowest BCUT2D eigenvalue weighted by atomic mass is 9.72. The van der Waals surface area contributed by atoms with Crippen LogP contribution in [0.2, 0.25) is 0 Å². The highest BCUT2D eigenvalue weighted by atomic mass is 16.7. The van der Waals surface area contributed by atoms with Crippen LogP contribution in [0.4, 0.5) is 0 Å². The van der Waals surface area contributed by atoms with Gasteiger partial charge in [-0.1, -0.05) is 6.92 Å². The fourth-order valence-corrected chi connectivity index (χ4v) is 6.96. The van der Waals surface area contributed by atoms with Gasteiger partial charge in [0.05, 0.1) is 34.4 Å². The third kappa shape index (κ3) is 3.87. The molecular weight excluding hydrogens is 534 g/mol. The molecule has 2 aliphatic heterocycles. The van der Waals surface area contributed by atoms with E-state index in [0.717, 1.165) is 0 Å². The quantitative estimate of drug-likeness (QED) is 0.310. The number of ether oxygens (including phenoxy) is 3. The van der Waals surface area contributed by atoms with Gasteiger partial charge >= 0.3 is 0 Å². The molecule has 220 valence electrons. The van der Waals surface area contributed by atoms with Gasteiger partial charge in [0.15, 0.2) is 5.78 Å². The minimum Gasteiger partial charge on any atom is -0.507 e. The number of aliphatic hydroxyl groups is 3. The number of nitrogens with zero attached hydrogens (tertiary/aromatic N) is 1. The summed E-state index contributed by atoms with van der Waals surface area (Å²) in [6, 6.07) is 1.93. The molecule has 6 rings (SSSR count). The van der Waals surface area contributed by atoms with Crippen molar-refractivity contribution in [3.05, 3.63) is 51.1 Å². The fourth-order valence-electron chi connectivity index (χ4n) is 6.96. The van der Waals surface area contributed by atoms with Crippen LogP contribution >= 0.6 is 0 Å². The molecule has 0 saturated carbocycles. The Hall–Kier alpha value is -3.06. The van der Waals surface area contributed by atoms with Crippen LogP contribution in [-0.2, 0) is 21.5 Å². The smallest absolute Gasteiger partial charge is 0.228 e. The number of benzene rings is 2. The molecule has 11 heteroatoms. The first kappa shape index (κ1) is 28.1. The Morgan fingerprint density at radius 1 is 1.07 bits per heavy atom. The maximum absolute atomic E-state index is 14.2. The number of phenolic OH excluding ortho intramolecular Hbond substituents is 2. The van der Waals surface area contributed by atoms with Crippen molar-refractivity contribution in [1.82, 2.24) is 4.90 Å². The molecule has 7 atom stereocenters.